The zero-order valence-corrected chi connectivity index (χ0v) is 17.4. The second-order valence-electron chi connectivity index (χ2n) is 6.65. The summed E-state index contributed by atoms with van der Waals surface area (Å²) in [7, 11) is 0. The molecule has 5 heteroatoms. The van der Waals surface area contributed by atoms with Crippen molar-refractivity contribution in [2.45, 2.75) is 29.6 Å². The minimum atomic E-state index is -0.566. The molecule has 0 spiro atoms. The van der Waals surface area contributed by atoms with Gasteiger partial charge in [-0.05, 0) is 36.2 Å². The number of ether oxygens (including phenoxy) is 1. The fourth-order valence-electron chi connectivity index (χ4n) is 2.93. The smallest absolute Gasteiger partial charge is 0.339 e. The Morgan fingerprint density at radius 3 is 2.30 bits per heavy atom. The molecule has 0 amide bonds. The second-order valence-corrected chi connectivity index (χ2v) is 7.74. The molecule has 0 radical (unpaired) electrons. The van der Waals surface area contributed by atoms with Crippen LogP contribution in [-0.2, 0) is 11.2 Å². The third kappa shape index (κ3) is 5.37. The largest absolute Gasteiger partial charge is 0.454 e. The maximum atomic E-state index is 12.6. The van der Waals surface area contributed by atoms with Gasteiger partial charge in [0, 0.05) is 15.4 Å². The number of benzene rings is 3. The standard InChI is InChI=1S/C25H21NO3S/c1-2-7-18-12-14-19(15-13-18)22(27)17-29-25(28)21-9-4-6-11-24(21)30-23-10-5-3-8-20(23)16-26/h3-6,8-15H,2,7,17H2,1H3. The van der Waals surface area contributed by atoms with Crippen molar-refractivity contribution in [2.24, 2.45) is 0 Å². The lowest BCUT2D eigenvalue weighted by Gasteiger charge is -2.10. The summed E-state index contributed by atoms with van der Waals surface area (Å²) in [6, 6.07) is 23.8. The van der Waals surface area contributed by atoms with Crippen molar-refractivity contribution >= 4 is 23.5 Å². The maximum Gasteiger partial charge on any atom is 0.339 e. The predicted octanol–water partition coefficient (Wildman–Crippen LogP) is 5.70. The van der Waals surface area contributed by atoms with Crippen LogP contribution in [0.4, 0.5) is 0 Å². The van der Waals surface area contributed by atoms with Crippen LogP contribution in [0.2, 0.25) is 0 Å². The summed E-state index contributed by atoms with van der Waals surface area (Å²) in [5.74, 6) is -0.810. The minimum absolute atomic E-state index is 0.244. The molecule has 3 aromatic rings. The van der Waals surface area contributed by atoms with Gasteiger partial charge in [-0.2, -0.15) is 5.26 Å². The Morgan fingerprint density at radius 1 is 0.933 bits per heavy atom. The highest BCUT2D eigenvalue weighted by Crippen LogP contribution is 2.32. The molecule has 0 fully saturated rings. The van der Waals surface area contributed by atoms with Gasteiger partial charge in [0.1, 0.15) is 6.07 Å². The summed E-state index contributed by atoms with van der Waals surface area (Å²) in [5, 5.41) is 9.28. The molecule has 0 aliphatic carbocycles. The van der Waals surface area contributed by atoms with Crippen molar-refractivity contribution in [3.05, 3.63) is 95.1 Å². The summed E-state index contributed by atoms with van der Waals surface area (Å²) in [4.78, 5) is 26.4. The fourth-order valence-corrected chi connectivity index (χ4v) is 3.94. The Kier molecular flexibility index (Phi) is 7.42. The molecule has 0 bridgehead atoms. The zero-order chi connectivity index (χ0) is 21.3. The quantitative estimate of drug-likeness (QED) is 0.349. The van der Waals surface area contributed by atoms with Crippen molar-refractivity contribution in [3.8, 4) is 6.07 Å². The maximum absolute atomic E-state index is 12.6. The minimum Gasteiger partial charge on any atom is -0.454 e. The molecule has 0 aliphatic rings. The summed E-state index contributed by atoms with van der Waals surface area (Å²) in [6.07, 6.45) is 2.01. The van der Waals surface area contributed by atoms with E-state index in [0.29, 0.717) is 21.6 Å². The average Bonchev–Trinajstić information content (AvgIpc) is 2.78. The van der Waals surface area contributed by atoms with E-state index in [2.05, 4.69) is 13.0 Å². The van der Waals surface area contributed by atoms with Gasteiger partial charge in [-0.25, -0.2) is 4.79 Å². The number of hydrogen-bond donors (Lipinski definition) is 0. The van der Waals surface area contributed by atoms with Crippen molar-refractivity contribution in [3.63, 3.8) is 0 Å². The van der Waals surface area contributed by atoms with Gasteiger partial charge in [0.25, 0.3) is 0 Å². The number of esters is 1. The van der Waals surface area contributed by atoms with Crippen LogP contribution in [0, 0.1) is 11.3 Å². The lowest BCUT2D eigenvalue weighted by molar-refractivity contribution is 0.0471. The molecule has 0 N–H and O–H groups in total. The summed E-state index contributed by atoms with van der Waals surface area (Å²) in [5.41, 5.74) is 2.59. The van der Waals surface area contributed by atoms with E-state index in [1.807, 2.05) is 30.3 Å². The highest BCUT2D eigenvalue weighted by Gasteiger charge is 2.16. The van der Waals surface area contributed by atoms with Gasteiger partial charge >= 0.3 is 5.97 Å². The number of carbonyl (C=O) groups excluding carboxylic acids is 2. The van der Waals surface area contributed by atoms with Crippen LogP contribution < -0.4 is 0 Å². The van der Waals surface area contributed by atoms with E-state index in [9.17, 15) is 14.9 Å². The Balaban J connectivity index is 1.69. The van der Waals surface area contributed by atoms with E-state index >= 15 is 0 Å². The van der Waals surface area contributed by atoms with Crippen LogP contribution in [0.5, 0.6) is 0 Å². The van der Waals surface area contributed by atoms with Crippen LogP contribution in [0.15, 0.2) is 82.6 Å². The van der Waals surface area contributed by atoms with E-state index in [-0.39, 0.29) is 12.4 Å². The molecule has 0 aliphatic heterocycles. The van der Waals surface area contributed by atoms with Gasteiger partial charge < -0.3 is 4.74 Å². The molecule has 0 saturated carbocycles. The van der Waals surface area contributed by atoms with Gasteiger partial charge in [-0.15, -0.1) is 0 Å². The lowest BCUT2D eigenvalue weighted by Crippen LogP contribution is -2.15. The van der Waals surface area contributed by atoms with E-state index < -0.39 is 5.97 Å². The number of ketones is 1. The van der Waals surface area contributed by atoms with Crippen LogP contribution in [0.25, 0.3) is 0 Å². The predicted molar refractivity (Wildman–Crippen MR) is 117 cm³/mol. The molecular weight excluding hydrogens is 394 g/mol. The molecule has 30 heavy (non-hydrogen) atoms. The molecule has 0 unspecified atom stereocenters. The number of nitriles is 1. The molecule has 0 heterocycles. The number of hydrogen-bond acceptors (Lipinski definition) is 5. The van der Waals surface area contributed by atoms with Crippen molar-refractivity contribution < 1.29 is 14.3 Å². The summed E-state index contributed by atoms with van der Waals surface area (Å²) < 4.78 is 5.29. The topological polar surface area (TPSA) is 67.2 Å². The number of nitrogens with zero attached hydrogens (tertiary/aromatic N) is 1. The fraction of sp³-hybridized carbons (Fsp3) is 0.160. The number of aryl methyl sites for hydroxylation is 1. The SMILES string of the molecule is CCCc1ccc(C(=O)COC(=O)c2ccccc2Sc2ccccc2C#N)cc1. The monoisotopic (exact) mass is 415 g/mol. The van der Waals surface area contributed by atoms with Gasteiger partial charge in [-0.3, -0.25) is 4.79 Å². The Bertz CT molecular complexity index is 1080. The molecule has 150 valence electrons. The Labute approximate surface area is 180 Å². The summed E-state index contributed by atoms with van der Waals surface area (Å²) in [6.45, 7) is 1.79. The first-order chi connectivity index (χ1) is 14.6. The van der Waals surface area contributed by atoms with Gasteiger partial charge in [0.05, 0.1) is 11.1 Å². The molecular formula is C25H21NO3S. The van der Waals surface area contributed by atoms with Crippen LogP contribution in [0.1, 0.15) is 45.2 Å². The molecule has 4 nitrogen and oxygen atoms in total. The second kappa shape index (κ2) is 10.4. The van der Waals surface area contributed by atoms with Gasteiger partial charge in [0.2, 0.25) is 0 Å². The Hall–Kier alpha value is -3.36. The van der Waals surface area contributed by atoms with Crippen molar-refractivity contribution in [1.82, 2.24) is 0 Å². The first kappa shape index (κ1) is 21.4. The molecule has 0 saturated heterocycles. The molecule has 3 rings (SSSR count). The van der Waals surface area contributed by atoms with Crippen LogP contribution in [-0.4, -0.2) is 18.4 Å². The summed E-state index contributed by atoms with van der Waals surface area (Å²) >= 11 is 1.32. The third-order valence-corrected chi connectivity index (χ3v) is 5.64. The highest BCUT2D eigenvalue weighted by molar-refractivity contribution is 7.99. The highest BCUT2D eigenvalue weighted by atomic mass is 32.2. The first-order valence-corrected chi connectivity index (χ1v) is 10.5. The van der Waals surface area contributed by atoms with Crippen LogP contribution in [0.3, 0.4) is 0 Å². The van der Waals surface area contributed by atoms with E-state index in [0.717, 1.165) is 17.7 Å². The van der Waals surface area contributed by atoms with E-state index in [1.54, 1.807) is 42.5 Å². The van der Waals surface area contributed by atoms with Gasteiger partial charge in [-0.1, -0.05) is 73.6 Å². The molecule has 3 aromatic carbocycles. The lowest BCUT2D eigenvalue weighted by atomic mass is 10.1. The number of rotatable bonds is 8. The van der Waals surface area contributed by atoms with Crippen LogP contribution >= 0.6 is 11.8 Å². The van der Waals surface area contributed by atoms with Crippen molar-refractivity contribution in [1.29, 1.82) is 5.26 Å². The molecule has 0 atom stereocenters. The Morgan fingerprint density at radius 2 is 1.60 bits per heavy atom. The number of carbonyl (C=O) groups is 2. The third-order valence-electron chi connectivity index (χ3n) is 4.48. The van der Waals surface area contributed by atoms with Crippen molar-refractivity contribution in [2.75, 3.05) is 6.61 Å². The van der Waals surface area contributed by atoms with E-state index in [1.165, 1.54) is 17.3 Å². The normalized spacial score (nSPS) is 10.3. The first-order valence-electron chi connectivity index (χ1n) is 9.67. The van der Waals surface area contributed by atoms with E-state index in [4.69, 9.17) is 4.74 Å². The molecule has 0 aromatic heterocycles. The number of Topliss-reactive ketones (excluding diaryl/α,β-unsaturated/α-hetero) is 1. The average molecular weight is 416 g/mol. The zero-order valence-electron chi connectivity index (χ0n) is 16.6. The van der Waals surface area contributed by atoms with Gasteiger partial charge in [0.15, 0.2) is 12.4 Å².